The summed E-state index contributed by atoms with van der Waals surface area (Å²) in [6, 6.07) is 21.2. The molecule has 0 aliphatic rings. The summed E-state index contributed by atoms with van der Waals surface area (Å²) in [5, 5.41) is 8.01. The molecule has 2 aromatic heterocycles. The fourth-order valence-electron chi connectivity index (χ4n) is 2.97. The first-order valence-corrected chi connectivity index (χ1v) is 9.22. The second kappa shape index (κ2) is 7.23. The topological polar surface area (TPSA) is 42.2 Å². The second-order valence-electron chi connectivity index (χ2n) is 5.86. The van der Waals surface area contributed by atoms with Crippen LogP contribution in [0.5, 0.6) is 0 Å². The molecule has 0 spiro atoms. The maximum absolute atomic E-state index is 4.57. The first kappa shape index (κ1) is 16.1. The first-order valence-electron chi connectivity index (χ1n) is 8.14. The van der Waals surface area contributed by atoms with Crippen molar-refractivity contribution in [1.82, 2.24) is 14.6 Å². The van der Waals surface area contributed by atoms with Crippen LogP contribution in [0, 0.1) is 3.57 Å². The average molecular weight is 440 g/mol. The van der Waals surface area contributed by atoms with Gasteiger partial charge >= 0.3 is 0 Å². The second-order valence-corrected chi connectivity index (χ2v) is 7.02. The van der Waals surface area contributed by atoms with Crippen molar-refractivity contribution in [3.8, 4) is 0 Å². The summed E-state index contributed by atoms with van der Waals surface area (Å²) in [5.41, 5.74) is 3.54. The van der Waals surface area contributed by atoms with E-state index in [-0.39, 0.29) is 6.04 Å². The largest absolute Gasteiger partial charge is 0.361 e. The molecule has 4 aromatic rings. The van der Waals surface area contributed by atoms with Crippen molar-refractivity contribution in [3.63, 3.8) is 0 Å². The number of nitrogens with zero attached hydrogens (tertiary/aromatic N) is 3. The lowest BCUT2D eigenvalue weighted by molar-refractivity contribution is 0.769. The summed E-state index contributed by atoms with van der Waals surface area (Å²) < 4.78 is 2.95. The highest BCUT2D eigenvalue weighted by Gasteiger charge is 2.16. The molecule has 2 aromatic carbocycles. The van der Waals surface area contributed by atoms with E-state index in [0.29, 0.717) is 0 Å². The van der Waals surface area contributed by atoms with E-state index in [4.69, 9.17) is 0 Å². The molecule has 2 heterocycles. The van der Waals surface area contributed by atoms with E-state index >= 15 is 0 Å². The van der Waals surface area contributed by atoms with Gasteiger partial charge in [-0.15, -0.1) is 0 Å². The lowest BCUT2D eigenvalue weighted by atomic mass is 9.99. The summed E-state index contributed by atoms with van der Waals surface area (Å²) in [7, 11) is 0. The van der Waals surface area contributed by atoms with Crippen LogP contribution in [0.4, 0.5) is 5.82 Å². The van der Waals surface area contributed by atoms with Gasteiger partial charge in [-0.1, -0.05) is 60.7 Å². The maximum atomic E-state index is 4.57. The Morgan fingerprint density at radius 3 is 2.48 bits per heavy atom. The number of aromatic nitrogens is 3. The van der Waals surface area contributed by atoms with Gasteiger partial charge in [0.2, 0.25) is 0 Å². The van der Waals surface area contributed by atoms with Crippen molar-refractivity contribution >= 4 is 33.9 Å². The minimum absolute atomic E-state index is 0.132. The van der Waals surface area contributed by atoms with Crippen LogP contribution in [-0.4, -0.2) is 14.6 Å². The number of anilines is 1. The molecule has 25 heavy (non-hydrogen) atoms. The van der Waals surface area contributed by atoms with E-state index in [0.717, 1.165) is 21.3 Å². The molecule has 1 atom stereocenters. The quantitative estimate of drug-likeness (QED) is 0.457. The summed E-state index contributed by atoms with van der Waals surface area (Å²) >= 11 is 2.30. The molecule has 0 fully saturated rings. The van der Waals surface area contributed by atoms with E-state index < -0.39 is 0 Å². The van der Waals surface area contributed by atoms with Crippen LogP contribution in [0.15, 0.2) is 79.3 Å². The molecule has 1 N–H and O–H groups in total. The van der Waals surface area contributed by atoms with E-state index in [9.17, 15) is 0 Å². The zero-order chi connectivity index (χ0) is 17.1. The van der Waals surface area contributed by atoms with Gasteiger partial charge in [-0.25, -0.2) is 9.50 Å². The SMILES string of the molecule is Ic1cnn2ccnc(NC(Cc3ccccc3)c3ccccc3)c12. The molecule has 4 nitrogen and oxygen atoms in total. The maximum Gasteiger partial charge on any atom is 0.153 e. The van der Waals surface area contributed by atoms with Crippen LogP contribution in [0.2, 0.25) is 0 Å². The Hall–Kier alpha value is -2.41. The third kappa shape index (κ3) is 3.51. The lowest BCUT2D eigenvalue weighted by Gasteiger charge is -2.20. The van der Waals surface area contributed by atoms with Crippen LogP contribution in [0.3, 0.4) is 0 Å². The van der Waals surface area contributed by atoms with Crippen molar-refractivity contribution < 1.29 is 0 Å². The van der Waals surface area contributed by atoms with Gasteiger partial charge in [0, 0.05) is 12.4 Å². The van der Waals surface area contributed by atoms with Gasteiger partial charge in [-0.05, 0) is 40.1 Å². The van der Waals surface area contributed by atoms with Crippen molar-refractivity contribution in [2.75, 3.05) is 5.32 Å². The smallest absolute Gasteiger partial charge is 0.153 e. The molecule has 0 radical (unpaired) electrons. The predicted molar refractivity (Wildman–Crippen MR) is 109 cm³/mol. The van der Waals surface area contributed by atoms with Gasteiger partial charge in [-0.2, -0.15) is 5.10 Å². The van der Waals surface area contributed by atoms with E-state index in [1.165, 1.54) is 11.1 Å². The third-order valence-electron chi connectivity index (χ3n) is 4.18. The van der Waals surface area contributed by atoms with Gasteiger partial charge in [-0.3, -0.25) is 0 Å². The Morgan fingerprint density at radius 1 is 1.00 bits per heavy atom. The van der Waals surface area contributed by atoms with Crippen molar-refractivity contribution in [2.24, 2.45) is 0 Å². The van der Waals surface area contributed by atoms with Crippen LogP contribution < -0.4 is 5.32 Å². The fourth-order valence-corrected chi connectivity index (χ4v) is 3.59. The van der Waals surface area contributed by atoms with Crippen molar-refractivity contribution in [1.29, 1.82) is 0 Å². The zero-order valence-electron chi connectivity index (χ0n) is 13.5. The monoisotopic (exact) mass is 440 g/mol. The number of nitrogens with one attached hydrogen (secondary N) is 1. The first-order chi connectivity index (χ1) is 12.3. The molecule has 0 aliphatic heterocycles. The van der Waals surface area contributed by atoms with E-state index in [1.54, 1.807) is 6.20 Å². The minimum atomic E-state index is 0.132. The van der Waals surface area contributed by atoms with Gasteiger partial charge in [0.15, 0.2) is 5.82 Å². The molecule has 0 bridgehead atoms. The van der Waals surface area contributed by atoms with Crippen LogP contribution in [-0.2, 0) is 6.42 Å². The number of hydrogen-bond acceptors (Lipinski definition) is 3. The molecule has 0 saturated heterocycles. The normalized spacial score (nSPS) is 12.2. The predicted octanol–water partition coefficient (Wildman–Crippen LogP) is 4.73. The van der Waals surface area contributed by atoms with E-state index in [1.807, 2.05) is 29.0 Å². The van der Waals surface area contributed by atoms with Crippen LogP contribution in [0.25, 0.3) is 5.52 Å². The van der Waals surface area contributed by atoms with Gasteiger partial charge in [0.25, 0.3) is 0 Å². The molecular weight excluding hydrogens is 423 g/mol. The highest BCUT2D eigenvalue weighted by atomic mass is 127. The Balaban J connectivity index is 1.72. The zero-order valence-corrected chi connectivity index (χ0v) is 15.7. The van der Waals surface area contributed by atoms with E-state index in [2.05, 4.69) is 86.5 Å². The summed E-state index contributed by atoms with van der Waals surface area (Å²) in [6.07, 6.45) is 6.40. The van der Waals surface area contributed by atoms with Crippen LogP contribution in [0.1, 0.15) is 17.2 Å². The number of rotatable bonds is 5. The minimum Gasteiger partial charge on any atom is -0.361 e. The summed E-state index contributed by atoms with van der Waals surface area (Å²) in [5.74, 6) is 0.856. The highest BCUT2D eigenvalue weighted by molar-refractivity contribution is 14.1. The molecule has 0 aliphatic carbocycles. The fraction of sp³-hybridized carbons (Fsp3) is 0.100. The Bertz CT molecular complexity index is 967. The molecule has 1 unspecified atom stereocenters. The van der Waals surface area contributed by atoms with Gasteiger partial charge in [0.1, 0.15) is 5.52 Å². The number of halogens is 1. The van der Waals surface area contributed by atoms with Gasteiger partial charge < -0.3 is 5.32 Å². The molecular formula is C20H17IN4. The Morgan fingerprint density at radius 2 is 1.72 bits per heavy atom. The third-order valence-corrected chi connectivity index (χ3v) is 4.97. The summed E-state index contributed by atoms with van der Waals surface area (Å²) in [4.78, 5) is 4.57. The molecule has 4 rings (SSSR count). The van der Waals surface area contributed by atoms with Crippen molar-refractivity contribution in [2.45, 2.75) is 12.5 Å². The Labute approximate surface area is 160 Å². The number of benzene rings is 2. The standard InChI is InChI=1S/C20H17IN4/c21-17-14-23-25-12-11-22-20(19(17)25)24-18(16-9-5-2-6-10-16)13-15-7-3-1-4-8-15/h1-12,14,18H,13H2,(H,22,24). The molecule has 0 saturated carbocycles. The highest BCUT2D eigenvalue weighted by Crippen LogP contribution is 2.27. The summed E-state index contributed by atoms with van der Waals surface area (Å²) in [6.45, 7) is 0. The molecule has 5 heteroatoms. The molecule has 124 valence electrons. The lowest BCUT2D eigenvalue weighted by Crippen LogP contribution is -2.15. The van der Waals surface area contributed by atoms with Crippen molar-refractivity contribution in [3.05, 3.63) is 94.0 Å². The van der Waals surface area contributed by atoms with Gasteiger partial charge in [0.05, 0.1) is 15.8 Å². The van der Waals surface area contributed by atoms with Crippen LogP contribution >= 0.6 is 22.6 Å². The average Bonchev–Trinajstić information content (AvgIpc) is 3.05. The number of fused-ring (bicyclic) bond motifs is 1. The number of hydrogen-bond donors (Lipinski definition) is 1. The Kier molecular flexibility index (Phi) is 4.65. The molecule has 0 amide bonds.